The van der Waals surface area contributed by atoms with Gasteiger partial charge < -0.3 is 10.1 Å². The van der Waals surface area contributed by atoms with Gasteiger partial charge in [-0.1, -0.05) is 19.9 Å². The molecule has 0 saturated heterocycles. The molecular formula is C13H19F2NO. The lowest BCUT2D eigenvalue weighted by Gasteiger charge is -2.10. The molecule has 1 rings (SSSR count). The Balaban J connectivity index is 2.53. The maximum Gasteiger partial charge on any atom is 0.165 e. The number of nitrogens with one attached hydrogen (secondary N) is 1. The van der Waals surface area contributed by atoms with Crippen molar-refractivity contribution in [2.45, 2.75) is 32.9 Å². The molecule has 0 aromatic heterocycles. The van der Waals surface area contributed by atoms with E-state index in [2.05, 4.69) is 5.32 Å². The molecule has 0 unspecified atom stereocenters. The Morgan fingerprint density at radius 3 is 2.71 bits per heavy atom. The summed E-state index contributed by atoms with van der Waals surface area (Å²) >= 11 is 0. The molecule has 1 N–H and O–H groups in total. The number of ether oxygens (including phenoxy) is 1. The van der Waals surface area contributed by atoms with Gasteiger partial charge in [-0.2, -0.15) is 0 Å². The van der Waals surface area contributed by atoms with Gasteiger partial charge in [0, 0.05) is 19.0 Å². The van der Waals surface area contributed by atoms with E-state index >= 15 is 0 Å². The van der Waals surface area contributed by atoms with E-state index in [1.54, 1.807) is 6.07 Å². The van der Waals surface area contributed by atoms with Crippen LogP contribution in [-0.2, 0) is 6.54 Å². The monoisotopic (exact) mass is 243 g/mol. The van der Waals surface area contributed by atoms with E-state index < -0.39 is 12.5 Å². The quantitative estimate of drug-likeness (QED) is 0.743. The van der Waals surface area contributed by atoms with Crippen molar-refractivity contribution in [3.05, 3.63) is 29.6 Å². The highest BCUT2D eigenvalue weighted by molar-refractivity contribution is 5.29. The zero-order valence-corrected chi connectivity index (χ0v) is 10.3. The Labute approximate surface area is 101 Å². The Kier molecular flexibility index (Phi) is 5.91. The van der Waals surface area contributed by atoms with Gasteiger partial charge in [0.25, 0.3) is 0 Å². The van der Waals surface area contributed by atoms with E-state index in [4.69, 9.17) is 4.74 Å². The summed E-state index contributed by atoms with van der Waals surface area (Å²) in [5.74, 6) is -0.210. The van der Waals surface area contributed by atoms with E-state index in [-0.39, 0.29) is 18.8 Å². The summed E-state index contributed by atoms with van der Waals surface area (Å²) in [5.41, 5.74) is 0.869. The molecule has 0 aliphatic rings. The molecular weight excluding hydrogens is 224 g/mol. The predicted molar refractivity (Wildman–Crippen MR) is 64.5 cm³/mol. The van der Waals surface area contributed by atoms with E-state index in [1.165, 1.54) is 6.07 Å². The lowest BCUT2D eigenvalue weighted by atomic mass is 10.2. The van der Waals surface area contributed by atoms with Crippen LogP contribution in [-0.4, -0.2) is 19.3 Å². The first-order chi connectivity index (χ1) is 8.13. The van der Waals surface area contributed by atoms with Crippen LogP contribution in [0.2, 0.25) is 0 Å². The predicted octanol–water partition coefficient (Wildman–Crippen LogP) is 3.06. The smallest absolute Gasteiger partial charge is 0.165 e. The lowest BCUT2D eigenvalue weighted by Crippen LogP contribution is -2.21. The summed E-state index contributed by atoms with van der Waals surface area (Å²) in [6.45, 7) is 4.45. The molecule has 0 aliphatic heterocycles. The minimum Gasteiger partial charge on any atom is -0.490 e. The van der Waals surface area contributed by atoms with Gasteiger partial charge in [-0.3, -0.25) is 4.39 Å². The van der Waals surface area contributed by atoms with Crippen molar-refractivity contribution < 1.29 is 13.5 Å². The second kappa shape index (κ2) is 7.22. The fourth-order valence-electron chi connectivity index (χ4n) is 1.33. The zero-order valence-electron chi connectivity index (χ0n) is 10.3. The molecule has 0 fully saturated rings. The molecule has 0 radical (unpaired) electrons. The van der Waals surface area contributed by atoms with Crippen LogP contribution in [0.5, 0.6) is 5.75 Å². The molecule has 1 aromatic rings. The van der Waals surface area contributed by atoms with E-state index in [0.717, 1.165) is 5.56 Å². The Hall–Kier alpha value is -1.16. The van der Waals surface area contributed by atoms with Crippen LogP contribution in [0.3, 0.4) is 0 Å². The fraction of sp³-hybridized carbons (Fsp3) is 0.538. The SMILES string of the molecule is CC(C)NCc1ccc(OCCCF)c(F)c1. The Bertz CT molecular complexity index is 342. The van der Waals surface area contributed by atoms with Gasteiger partial charge in [0.05, 0.1) is 13.3 Å². The number of benzene rings is 1. The molecule has 0 heterocycles. The van der Waals surface area contributed by atoms with Gasteiger partial charge in [-0.05, 0) is 17.7 Å². The first kappa shape index (κ1) is 13.9. The summed E-state index contributed by atoms with van der Waals surface area (Å²) in [7, 11) is 0. The van der Waals surface area contributed by atoms with Gasteiger partial charge in [0.1, 0.15) is 0 Å². The van der Waals surface area contributed by atoms with Crippen molar-refractivity contribution in [2.24, 2.45) is 0 Å². The molecule has 0 amide bonds. The van der Waals surface area contributed by atoms with E-state index in [9.17, 15) is 8.78 Å². The maximum atomic E-state index is 13.6. The maximum absolute atomic E-state index is 13.6. The van der Waals surface area contributed by atoms with Crippen molar-refractivity contribution in [1.29, 1.82) is 0 Å². The lowest BCUT2D eigenvalue weighted by molar-refractivity contribution is 0.277. The number of rotatable bonds is 7. The van der Waals surface area contributed by atoms with E-state index in [1.807, 2.05) is 19.9 Å². The average molecular weight is 243 g/mol. The number of hydrogen-bond donors (Lipinski definition) is 1. The second-order valence-electron chi connectivity index (χ2n) is 4.19. The van der Waals surface area contributed by atoms with Gasteiger partial charge in [-0.15, -0.1) is 0 Å². The van der Waals surface area contributed by atoms with Crippen molar-refractivity contribution in [1.82, 2.24) is 5.32 Å². The summed E-state index contributed by atoms with van der Waals surface area (Å²) < 4.78 is 30.5. The Morgan fingerprint density at radius 2 is 2.12 bits per heavy atom. The van der Waals surface area contributed by atoms with Crippen LogP contribution >= 0.6 is 0 Å². The third-order valence-corrected chi connectivity index (χ3v) is 2.25. The Morgan fingerprint density at radius 1 is 1.35 bits per heavy atom. The molecule has 96 valence electrons. The van der Waals surface area contributed by atoms with Crippen molar-refractivity contribution in [3.8, 4) is 5.75 Å². The normalized spacial score (nSPS) is 10.9. The minimum absolute atomic E-state index is 0.187. The van der Waals surface area contributed by atoms with Crippen LogP contribution < -0.4 is 10.1 Å². The topological polar surface area (TPSA) is 21.3 Å². The molecule has 0 aliphatic carbocycles. The average Bonchev–Trinajstić information content (AvgIpc) is 2.29. The number of halogens is 2. The summed E-state index contributed by atoms with van der Waals surface area (Å²) in [6, 6.07) is 5.20. The standard InChI is InChI=1S/C13H19F2NO/c1-10(2)16-9-11-4-5-13(12(15)8-11)17-7-3-6-14/h4-5,8,10,16H,3,6-7,9H2,1-2H3. The highest BCUT2D eigenvalue weighted by atomic mass is 19.1. The van der Waals surface area contributed by atoms with Crippen LogP contribution in [0.15, 0.2) is 18.2 Å². The van der Waals surface area contributed by atoms with Gasteiger partial charge in [0.15, 0.2) is 11.6 Å². The third kappa shape index (κ3) is 5.13. The highest BCUT2D eigenvalue weighted by Crippen LogP contribution is 2.18. The molecule has 1 aromatic carbocycles. The molecule has 2 nitrogen and oxygen atoms in total. The molecule has 0 saturated carbocycles. The second-order valence-corrected chi connectivity index (χ2v) is 4.19. The molecule has 4 heteroatoms. The zero-order chi connectivity index (χ0) is 12.7. The number of alkyl halides is 1. The third-order valence-electron chi connectivity index (χ3n) is 2.25. The molecule has 0 bridgehead atoms. The fourth-order valence-corrected chi connectivity index (χ4v) is 1.33. The summed E-state index contributed by atoms with van der Waals surface area (Å²) in [4.78, 5) is 0. The first-order valence-electron chi connectivity index (χ1n) is 5.84. The van der Waals surface area contributed by atoms with Crippen LogP contribution in [0.25, 0.3) is 0 Å². The van der Waals surface area contributed by atoms with Gasteiger partial charge in [0.2, 0.25) is 0 Å². The molecule has 0 spiro atoms. The molecule has 17 heavy (non-hydrogen) atoms. The summed E-state index contributed by atoms with van der Waals surface area (Å²) in [6.07, 6.45) is 0.288. The van der Waals surface area contributed by atoms with E-state index in [0.29, 0.717) is 12.6 Å². The van der Waals surface area contributed by atoms with Crippen molar-refractivity contribution >= 4 is 0 Å². The first-order valence-corrected chi connectivity index (χ1v) is 5.84. The van der Waals surface area contributed by atoms with Crippen molar-refractivity contribution in [3.63, 3.8) is 0 Å². The molecule has 0 atom stereocenters. The van der Waals surface area contributed by atoms with Crippen LogP contribution in [0, 0.1) is 5.82 Å². The van der Waals surface area contributed by atoms with Crippen LogP contribution in [0.1, 0.15) is 25.8 Å². The van der Waals surface area contributed by atoms with Crippen molar-refractivity contribution in [2.75, 3.05) is 13.3 Å². The largest absolute Gasteiger partial charge is 0.490 e. The van der Waals surface area contributed by atoms with Gasteiger partial charge in [-0.25, -0.2) is 4.39 Å². The minimum atomic E-state index is -0.446. The van der Waals surface area contributed by atoms with Gasteiger partial charge >= 0.3 is 0 Å². The highest BCUT2D eigenvalue weighted by Gasteiger charge is 2.05. The summed E-state index contributed by atoms with van der Waals surface area (Å²) in [5, 5.41) is 3.20. The number of hydrogen-bond acceptors (Lipinski definition) is 2. The van der Waals surface area contributed by atoms with Crippen LogP contribution in [0.4, 0.5) is 8.78 Å².